The van der Waals surface area contributed by atoms with Gasteiger partial charge in [0.05, 0.1) is 31.8 Å². The minimum atomic E-state index is -0.939. The van der Waals surface area contributed by atoms with Gasteiger partial charge < -0.3 is 24.7 Å². The van der Waals surface area contributed by atoms with Crippen LogP contribution in [0.2, 0.25) is 0 Å². The summed E-state index contributed by atoms with van der Waals surface area (Å²) >= 11 is 0. The zero-order chi connectivity index (χ0) is 14.7. The number of aliphatic hydroxyl groups excluding tert-OH is 1. The summed E-state index contributed by atoms with van der Waals surface area (Å²) in [4.78, 5) is 26.5. The molecule has 0 spiro atoms. The minimum absolute atomic E-state index is 0.113. The summed E-state index contributed by atoms with van der Waals surface area (Å²) in [6.07, 6.45) is 0.144. The highest BCUT2D eigenvalue weighted by Gasteiger charge is 2.35. The molecule has 0 aromatic heterocycles. The number of urea groups is 1. The molecular weight excluding hydrogens is 264 g/mol. The van der Waals surface area contributed by atoms with E-state index < -0.39 is 18.1 Å². The van der Waals surface area contributed by atoms with E-state index >= 15 is 0 Å². The van der Waals surface area contributed by atoms with Crippen LogP contribution < -0.4 is 0 Å². The summed E-state index contributed by atoms with van der Waals surface area (Å²) in [6, 6.07) is -0.615. The second-order valence-electron chi connectivity index (χ2n) is 5.58. The topological polar surface area (TPSA) is 90.3 Å². The molecule has 0 aliphatic carbocycles. The molecule has 114 valence electrons. The molecule has 20 heavy (non-hydrogen) atoms. The van der Waals surface area contributed by atoms with Crippen LogP contribution in [-0.4, -0.2) is 77.0 Å². The normalized spacial score (nSPS) is 31.2. The van der Waals surface area contributed by atoms with Gasteiger partial charge in [-0.3, -0.25) is 4.79 Å². The highest BCUT2D eigenvalue weighted by molar-refractivity contribution is 5.76. The average molecular weight is 286 g/mol. The maximum atomic E-state index is 12.5. The van der Waals surface area contributed by atoms with Crippen molar-refractivity contribution in [2.75, 3.05) is 32.8 Å². The number of hydrogen-bond acceptors (Lipinski definition) is 4. The molecule has 2 heterocycles. The summed E-state index contributed by atoms with van der Waals surface area (Å²) in [6.45, 7) is 3.97. The van der Waals surface area contributed by atoms with E-state index in [1.165, 1.54) is 0 Å². The van der Waals surface area contributed by atoms with E-state index in [9.17, 15) is 14.7 Å². The number of carbonyl (C=O) groups is 2. The second-order valence-corrected chi connectivity index (χ2v) is 5.58. The number of nitrogens with zero attached hydrogens (tertiary/aromatic N) is 2. The largest absolute Gasteiger partial charge is 0.481 e. The second kappa shape index (κ2) is 6.41. The smallest absolute Gasteiger partial charge is 0.320 e. The van der Waals surface area contributed by atoms with Crippen LogP contribution in [0.25, 0.3) is 0 Å². The van der Waals surface area contributed by atoms with Gasteiger partial charge >= 0.3 is 12.0 Å². The van der Waals surface area contributed by atoms with Crippen molar-refractivity contribution in [3.63, 3.8) is 0 Å². The van der Waals surface area contributed by atoms with Crippen LogP contribution in [0.5, 0.6) is 0 Å². The van der Waals surface area contributed by atoms with E-state index in [0.29, 0.717) is 26.2 Å². The zero-order valence-corrected chi connectivity index (χ0v) is 11.7. The van der Waals surface area contributed by atoms with Crippen LogP contribution in [0, 0.1) is 5.92 Å². The van der Waals surface area contributed by atoms with Crippen molar-refractivity contribution in [2.24, 2.45) is 5.92 Å². The first kappa shape index (κ1) is 15.1. The van der Waals surface area contributed by atoms with Gasteiger partial charge in [0.25, 0.3) is 0 Å². The molecule has 2 rings (SSSR count). The summed E-state index contributed by atoms with van der Waals surface area (Å²) in [5, 5.41) is 18.8. The third-order valence-electron chi connectivity index (χ3n) is 4.07. The van der Waals surface area contributed by atoms with E-state index in [0.717, 1.165) is 6.42 Å². The number of β-amino-alcohol motifs (C(OH)–C–C–N with tert-alkyl or cyclic N) is 1. The van der Waals surface area contributed by atoms with Gasteiger partial charge in [0.15, 0.2) is 0 Å². The Morgan fingerprint density at radius 1 is 1.35 bits per heavy atom. The predicted octanol–water partition coefficient (Wildman–Crippen LogP) is -0.0154. The van der Waals surface area contributed by atoms with Crippen molar-refractivity contribution in [3.05, 3.63) is 0 Å². The molecule has 0 aromatic carbocycles. The van der Waals surface area contributed by atoms with Gasteiger partial charge in [0.2, 0.25) is 0 Å². The predicted molar refractivity (Wildman–Crippen MR) is 70.3 cm³/mol. The molecule has 0 saturated carbocycles. The number of aliphatic hydroxyl groups is 1. The van der Waals surface area contributed by atoms with Gasteiger partial charge in [-0.2, -0.15) is 0 Å². The Bertz CT molecular complexity index is 376. The molecule has 7 nitrogen and oxygen atoms in total. The van der Waals surface area contributed by atoms with Crippen LogP contribution >= 0.6 is 0 Å². The highest BCUT2D eigenvalue weighted by atomic mass is 16.5. The van der Waals surface area contributed by atoms with E-state index in [2.05, 4.69) is 0 Å². The lowest BCUT2D eigenvalue weighted by molar-refractivity contribution is -0.139. The molecule has 2 saturated heterocycles. The van der Waals surface area contributed by atoms with Crippen LogP contribution in [0.15, 0.2) is 0 Å². The van der Waals surface area contributed by atoms with Crippen molar-refractivity contribution >= 4 is 12.0 Å². The molecule has 0 aromatic rings. The summed E-state index contributed by atoms with van der Waals surface area (Å²) in [5.74, 6) is -0.746. The highest BCUT2D eigenvalue weighted by Crippen LogP contribution is 2.20. The van der Waals surface area contributed by atoms with Crippen molar-refractivity contribution < 1.29 is 24.5 Å². The summed E-state index contributed by atoms with van der Waals surface area (Å²) < 4.78 is 5.26. The monoisotopic (exact) mass is 286 g/mol. The Labute approximate surface area is 118 Å². The van der Waals surface area contributed by atoms with Gasteiger partial charge in [-0.05, 0) is 12.3 Å². The Kier molecular flexibility index (Phi) is 4.82. The van der Waals surface area contributed by atoms with Gasteiger partial charge in [-0.15, -0.1) is 0 Å². The van der Waals surface area contributed by atoms with E-state index in [4.69, 9.17) is 9.84 Å². The molecule has 0 bridgehead atoms. The number of likely N-dealkylation sites (tertiary alicyclic amines) is 1. The molecule has 2 aliphatic rings. The lowest BCUT2D eigenvalue weighted by Gasteiger charge is -2.41. The maximum absolute atomic E-state index is 12.5. The molecule has 7 heteroatoms. The number of carboxylic acid groups (broad SMARTS) is 1. The Morgan fingerprint density at radius 2 is 2.10 bits per heavy atom. The number of carbonyl (C=O) groups excluding carboxylic acids is 1. The van der Waals surface area contributed by atoms with E-state index in [-0.39, 0.29) is 25.0 Å². The third-order valence-corrected chi connectivity index (χ3v) is 4.07. The number of rotatable bonds is 2. The van der Waals surface area contributed by atoms with E-state index in [1.54, 1.807) is 9.80 Å². The maximum Gasteiger partial charge on any atom is 0.320 e. The molecule has 3 atom stereocenters. The summed E-state index contributed by atoms with van der Waals surface area (Å²) in [5.41, 5.74) is 0. The van der Waals surface area contributed by atoms with Crippen molar-refractivity contribution in [3.8, 4) is 0 Å². The van der Waals surface area contributed by atoms with Gasteiger partial charge in [-0.25, -0.2) is 4.79 Å². The fraction of sp³-hybridized carbons (Fsp3) is 0.846. The summed E-state index contributed by atoms with van der Waals surface area (Å²) in [7, 11) is 0. The first-order chi connectivity index (χ1) is 9.49. The van der Waals surface area contributed by atoms with Crippen LogP contribution in [0.4, 0.5) is 4.79 Å². The lowest BCUT2D eigenvalue weighted by atomic mass is 9.96. The fourth-order valence-corrected chi connectivity index (χ4v) is 2.68. The number of morpholine rings is 1. The Morgan fingerprint density at radius 3 is 2.75 bits per heavy atom. The quantitative estimate of drug-likeness (QED) is 0.745. The number of ether oxygens (including phenoxy) is 1. The number of aliphatic carboxylic acids is 1. The number of amides is 2. The molecular formula is C13H22N2O5. The molecule has 2 aliphatic heterocycles. The fourth-order valence-electron chi connectivity index (χ4n) is 2.68. The molecule has 2 amide bonds. The molecule has 2 N–H and O–H groups in total. The lowest BCUT2D eigenvalue weighted by Crippen LogP contribution is -2.57. The number of piperidine rings is 1. The Hall–Kier alpha value is -1.34. The van der Waals surface area contributed by atoms with Crippen LogP contribution in [0.3, 0.4) is 0 Å². The van der Waals surface area contributed by atoms with Crippen molar-refractivity contribution in [2.45, 2.75) is 31.9 Å². The molecule has 2 fully saturated rings. The first-order valence-electron chi connectivity index (χ1n) is 7.02. The molecule has 3 unspecified atom stereocenters. The average Bonchev–Trinajstić information content (AvgIpc) is 2.41. The van der Waals surface area contributed by atoms with Crippen molar-refractivity contribution in [1.82, 2.24) is 9.80 Å². The third kappa shape index (κ3) is 3.40. The van der Waals surface area contributed by atoms with Gasteiger partial charge in [0, 0.05) is 19.6 Å². The number of carboxylic acids is 1. The standard InChI is InChI=1S/C13H22N2O5/c1-9-2-3-14(7-11(9)16)13(19)15-4-5-20-8-10(15)6-12(17)18/h9-11,16H,2-8H2,1H3,(H,17,18). The minimum Gasteiger partial charge on any atom is -0.481 e. The van der Waals surface area contributed by atoms with E-state index in [1.807, 2.05) is 6.92 Å². The van der Waals surface area contributed by atoms with Crippen LogP contribution in [-0.2, 0) is 9.53 Å². The van der Waals surface area contributed by atoms with Crippen molar-refractivity contribution in [1.29, 1.82) is 0 Å². The number of hydrogen-bond donors (Lipinski definition) is 2. The van der Waals surface area contributed by atoms with Crippen LogP contribution in [0.1, 0.15) is 19.8 Å². The van der Waals surface area contributed by atoms with Gasteiger partial charge in [0.1, 0.15) is 0 Å². The molecule has 0 radical (unpaired) electrons. The Balaban J connectivity index is 2.00. The van der Waals surface area contributed by atoms with Gasteiger partial charge in [-0.1, -0.05) is 6.92 Å². The SMILES string of the molecule is CC1CCN(C(=O)N2CCOCC2CC(=O)O)CC1O. The zero-order valence-electron chi connectivity index (χ0n) is 11.7. The first-order valence-corrected chi connectivity index (χ1v) is 7.02.